The van der Waals surface area contributed by atoms with Gasteiger partial charge < -0.3 is 0 Å². The van der Waals surface area contributed by atoms with Gasteiger partial charge in [0.05, 0.1) is 5.38 Å². The summed E-state index contributed by atoms with van der Waals surface area (Å²) in [7, 11) is 0. The average Bonchev–Trinajstić information content (AvgIpc) is 2.48. The van der Waals surface area contributed by atoms with Crippen LogP contribution >= 0.6 is 11.6 Å². The molecule has 0 aliphatic heterocycles. The van der Waals surface area contributed by atoms with Gasteiger partial charge in [0.15, 0.2) is 0 Å². The van der Waals surface area contributed by atoms with Crippen LogP contribution in [0.3, 0.4) is 0 Å². The second kappa shape index (κ2) is 6.31. The molecule has 1 aromatic carbocycles. The molecule has 0 heterocycles. The van der Waals surface area contributed by atoms with Gasteiger partial charge in [0.25, 0.3) is 0 Å². The van der Waals surface area contributed by atoms with Gasteiger partial charge in [0, 0.05) is 0 Å². The van der Waals surface area contributed by atoms with Crippen LogP contribution < -0.4 is 0 Å². The van der Waals surface area contributed by atoms with Crippen LogP contribution in [0.2, 0.25) is 0 Å². The maximum Gasteiger partial charge on any atom is 0.0616 e. The number of rotatable bonds is 3. The Balaban J connectivity index is 1.57. The fourth-order valence-electron chi connectivity index (χ4n) is 3.99. The van der Waals surface area contributed by atoms with Gasteiger partial charge >= 0.3 is 0 Å². The molecule has 0 amide bonds. The van der Waals surface area contributed by atoms with Gasteiger partial charge in [0.1, 0.15) is 0 Å². The number of hydrogen-bond acceptors (Lipinski definition) is 0. The summed E-state index contributed by atoms with van der Waals surface area (Å²) >= 11 is 6.73. The summed E-state index contributed by atoms with van der Waals surface area (Å²) in [6, 6.07) is 8.77. The fraction of sp³-hybridized carbons (Fsp3) is 0.667. The van der Waals surface area contributed by atoms with E-state index < -0.39 is 0 Å². The van der Waals surface area contributed by atoms with Gasteiger partial charge in [-0.2, -0.15) is 0 Å². The Kier molecular flexibility index (Phi) is 4.48. The van der Waals surface area contributed by atoms with Crippen molar-refractivity contribution in [3.63, 3.8) is 0 Å². The average molecular weight is 277 g/mol. The topological polar surface area (TPSA) is 0 Å². The van der Waals surface area contributed by atoms with E-state index in [0.29, 0.717) is 5.92 Å². The first kappa shape index (κ1) is 13.5. The molecular formula is C18H25Cl. The van der Waals surface area contributed by atoms with Gasteiger partial charge in [-0.05, 0) is 42.2 Å². The largest absolute Gasteiger partial charge is 0.118 e. The number of aryl methyl sites for hydroxylation is 1. The zero-order valence-corrected chi connectivity index (χ0v) is 12.5. The molecule has 0 saturated heterocycles. The SMILES string of the molecule is ClC1c2ccccc2CCC1CCC1CCCCC1. The third-order valence-corrected chi connectivity index (χ3v) is 5.81. The molecule has 0 N–H and O–H groups in total. The summed E-state index contributed by atoms with van der Waals surface area (Å²) in [5.74, 6) is 1.70. The Morgan fingerprint density at radius 3 is 2.58 bits per heavy atom. The highest BCUT2D eigenvalue weighted by atomic mass is 35.5. The Morgan fingerprint density at radius 2 is 1.74 bits per heavy atom. The van der Waals surface area contributed by atoms with E-state index in [-0.39, 0.29) is 5.38 Å². The van der Waals surface area contributed by atoms with Crippen LogP contribution in [0.1, 0.15) is 67.9 Å². The standard InChI is InChI=1S/C18H25Cl/c19-18-16(11-10-14-6-2-1-3-7-14)13-12-15-8-4-5-9-17(15)18/h4-5,8-9,14,16,18H,1-3,6-7,10-13H2. The molecule has 1 fully saturated rings. The molecule has 1 saturated carbocycles. The minimum absolute atomic E-state index is 0.258. The molecule has 0 spiro atoms. The summed E-state index contributed by atoms with van der Waals surface area (Å²) in [6.07, 6.45) is 12.6. The Hall–Kier alpha value is -0.490. The molecule has 0 bridgehead atoms. The van der Waals surface area contributed by atoms with Gasteiger partial charge in [-0.15, -0.1) is 11.6 Å². The minimum atomic E-state index is 0.258. The lowest BCUT2D eigenvalue weighted by molar-refractivity contribution is 0.294. The third kappa shape index (κ3) is 3.16. The highest BCUT2D eigenvalue weighted by Crippen LogP contribution is 2.42. The lowest BCUT2D eigenvalue weighted by atomic mass is 9.78. The summed E-state index contributed by atoms with van der Waals surface area (Å²) in [6.45, 7) is 0. The van der Waals surface area contributed by atoms with Gasteiger partial charge in [0.2, 0.25) is 0 Å². The molecule has 2 aliphatic carbocycles. The van der Waals surface area contributed by atoms with Crippen molar-refractivity contribution in [3.8, 4) is 0 Å². The second-order valence-corrected chi connectivity index (χ2v) is 6.95. The maximum absolute atomic E-state index is 6.73. The smallest absolute Gasteiger partial charge is 0.0616 e. The molecule has 0 aromatic heterocycles. The first-order valence-corrected chi connectivity index (χ1v) is 8.50. The third-order valence-electron chi connectivity index (χ3n) is 5.22. The molecule has 104 valence electrons. The Labute approximate surface area is 122 Å². The van der Waals surface area contributed by atoms with Crippen LogP contribution in [0.15, 0.2) is 24.3 Å². The van der Waals surface area contributed by atoms with E-state index >= 15 is 0 Å². The van der Waals surface area contributed by atoms with Gasteiger partial charge in [-0.25, -0.2) is 0 Å². The Morgan fingerprint density at radius 1 is 0.947 bits per heavy atom. The van der Waals surface area contributed by atoms with Gasteiger partial charge in [-0.3, -0.25) is 0 Å². The van der Waals surface area contributed by atoms with Crippen LogP contribution in [-0.2, 0) is 6.42 Å². The van der Waals surface area contributed by atoms with Crippen molar-refractivity contribution in [3.05, 3.63) is 35.4 Å². The number of alkyl halides is 1. The van der Waals surface area contributed by atoms with E-state index in [1.807, 2.05) is 0 Å². The van der Waals surface area contributed by atoms with E-state index in [9.17, 15) is 0 Å². The van der Waals surface area contributed by atoms with Crippen LogP contribution in [0.25, 0.3) is 0 Å². The minimum Gasteiger partial charge on any atom is -0.118 e. The van der Waals surface area contributed by atoms with E-state index in [2.05, 4.69) is 24.3 Å². The molecule has 3 rings (SSSR count). The molecular weight excluding hydrogens is 252 g/mol. The van der Waals surface area contributed by atoms with Crippen LogP contribution in [0, 0.1) is 11.8 Å². The van der Waals surface area contributed by atoms with Crippen molar-refractivity contribution in [2.75, 3.05) is 0 Å². The van der Waals surface area contributed by atoms with E-state index in [1.54, 1.807) is 0 Å². The highest BCUT2D eigenvalue weighted by molar-refractivity contribution is 6.21. The van der Waals surface area contributed by atoms with Crippen LogP contribution in [0.5, 0.6) is 0 Å². The predicted molar refractivity (Wildman–Crippen MR) is 82.7 cm³/mol. The maximum atomic E-state index is 6.73. The molecule has 2 atom stereocenters. The van der Waals surface area contributed by atoms with Crippen LogP contribution in [0.4, 0.5) is 0 Å². The normalized spacial score (nSPS) is 28.1. The molecule has 2 unspecified atom stereocenters. The van der Waals surface area contributed by atoms with Crippen molar-refractivity contribution in [2.45, 2.75) is 63.2 Å². The molecule has 0 nitrogen and oxygen atoms in total. The molecule has 19 heavy (non-hydrogen) atoms. The summed E-state index contributed by atoms with van der Waals surface area (Å²) in [5.41, 5.74) is 2.89. The van der Waals surface area contributed by atoms with Crippen molar-refractivity contribution < 1.29 is 0 Å². The number of halogens is 1. The summed E-state index contributed by atoms with van der Waals surface area (Å²) < 4.78 is 0. The molecule has 2 aliphatic rings. The summed E-state index contributed by atoms with van der Waals surface area (Å²) in [4.78, 5) is 0. The Bertz CT molecular complexity index is 406. The highest BCUT2D eigenvalue weighted by Gasteiger charge is 2.28. The van der Waals surface area contributed by atoms with Crippen molar-refractivity contribution in [1.82, 2.24) is 0 Å². The number of fused-ring (bicyclic) bond motifs is 1. The van der Waals surface area contributed by atoms with Crippen LogP contribution in [-0.4, -0.2) is 0 Å². The summed E-state index contributed by atoms with van der Waals surface area (Å²) in [5, 5.41) is 0.258. The van der Waals surface area contributed by atoms with Crippen molar-refractivity contribution in [2.24, 2.45) is 11.8 Å². The van der Waals surface area contributed by atoms with Gasteiger partial charge in [-0.1, -0.05) is 62.8 Å². The van der Waals surface area contributed by atoms with Crippen molar-refractivity contribution in [1.29, 1.82) is 0 Å². The first-order valence-electron chi connectivity index (χ1n) is 8.06. The second-order valence-electron chi connectivity index (χ2n) is 6.48. The monoisotopic (exact) mass is 276 g/mol. The number of benzene rings is 1. The quantitative estimate of drug-likeness (QED) is 0.604. The van der Waals surface area contributed by atoms with E-state index in [0.717, 1.165) is 5.92 Å². The molecule has 0 radical (unpaired) electrons. The fourth-order valence-corrected chi connectivity index (χ4v) is 4.45. The lowest BCUT2D eigenvalue weighted by Crippen LogP contribution is -2.18. The molecule has 1 heteroatoms. The first-order chi connectivity index (χ1) is 9.34. The van der Waals surface area contributed by atoms with Crippen molar-refractivity contribution >= 4 is 11.6 Å². The number of hydrogen-bond donors (Lipinski definition) is 0. The predicted octanol–water partition coefficient (Wildman–Crippen LogP) is 5.89. The zero-order valence-electron chi connectivity index (χ0n) is 11.8. The zero-order chi connectivity index (χ0) is 13.1. The lowest BCUT2D eigenvalue weighted by Gasteiger charge is -2.31. The van der Waals surface area contributed by atoms with E-state index in [4.69, 9.17) is 11.6 Å². The molecule has 1 aromatic rings. The van der Waals surface area contributed by atoms with E-state index in [1.165, 1.54) is 68.9 Å².